The van der Waals surface area contributed by atoms with Crippen LogP contribution < -0.4 is 5.32 Å². The van der Waals surface area contributed by atoms with Gasteiger partial charge in [-0.25, -0.2) is 0 Å². The third-order valence-electron chi connectivity index (χ3n) is 5.29. The second kappa shape index (κ2) is 7.91. The number of aryl methyl sites for hydroxylation is 2. The number of carboxylic acids is 1. The van der Waals surface area contributed by atoms with Crippen molar-refractivity contribution in [2.45, 2.75) is 33.1 Å². The molecule has 0 saturated carbocycles. The Hall–Kier alpha value is -2.34. The van der Waals surface area contributed by atoms with Crippen LogP contribution in [0.2, 0.25) is 0 Å². The van der Waals surface area contributed by atoms with Gasteiger partial charge in [0.05, 0.1) is 18.6 Å². The SMILES string of the molecule is Cc1cc2occ(CC(=O)NCC(C(=O)O)C3CCOCC3)c2cc1C. The Kier molecular flexibility index (Phi) is 5.61. The van der Waals surface area contributed by atoms with Crippen molar-refractivity contribution in [1.82, 2.24) is 5.32 Å². The first-order valence-corrected chi connectivity index (χ1v) is 9.00. The lowest BCUT2D eigenvalue weighted by Crippen LogP contribution is -2.39. The van der Waals surface area contributed by atoms with Crippen molar-refractivity contribution in [3.8, 4) is 0 Å². The van der Waals surface area contributed by atoms with Gasteiger partial charge in [0.25, 0.3) is 0 Å². The average Bonchev–Trinajstić information content (AvgIpc) is 2.98. The summed E-state index contributed by atoms with van der Waals surface area (Å²) in [6.07, 6.45) is 3.22. The van der Waals surface area contributed by atoms with Gasteiger partial charge in [-0.05, 0) is 55.9 Å². The van der Waals surface area contributed by atoms with E-state index in [9.17, 15) is 14.7 Å². The molecule has 0 aliphatic carbocycles. The summed E-state index contributed by atoms with van der Waals surface area (Å²) in [4.78, 5) is 23.9. The van der Waals surface area contributed by atoms with E-state index in [1.54, 1.807) is 6.26 Å². The first-order chi connectivity index (χ1) is 12.5. The van der Waals surface area contributed by atoms with E-state index in [0.29, 0.717) is 13.2 Å². The fourth-order valence-electron chi connectivity index (χ4n) is 3.51. The van der Waals surface area contributed by atoms with Crippen LogP contribution in [0.25, 0.3) is 11.0 Å². The van der Waals surface area contributed by atoms with Crippen LogP contribution in [-0.4, -0.2) is 36.7 Å². The number of rotatable bonds is 6. The first kappa shape index (κ1) is 18.5. The van der Waals surface area contributed by atoms with E-state index < -0.39 is 11.9 Å². The number of hydrogen-bond donors (Lipinski definition) is 2. The minimum absolute atomic E-state index is 0.0435. The Morgan fingerprint density at radius 3 is 2.62 bits per heavy atom. The van der Waals surface area contributed by atoms with Crippen molar-refractivity contribution in [2.24, 2.45) is 11.8 Å². The molecule has 1 amide bonds. The van der Waals surface area contributed by atoms with E-state index in [-0.39, 0.29) is 24.8 Å². The Labute approximate surface area is 152 Å². The highest BCUT2D eigenvalue weighted by Gasteiger charge is 2.30. The van der Waals surface area contributed by atoms with Gasteiger partial charge in [-0.3, -0.25) is 9.59 Å². The Morgan fingerprint density at radius 1 is 1.23 bits per heavy atom. The predicted molar refractivity (Wildman–Crippen MR) is 97.1 cm³/mol. The van der Waals surface area contributed by atoms with E-state index >= 15 is 0 Å². The largest absolute Gasteiger partial charge is 0.481 e. The topological polar surface area (TPSA) is 88.8 Å². The van der Waals surface area contributed by atoms with Crippen LogP contribution in [-0.2, 0) is 20.7 Å². The second-order valence-electron chi connectivity index (χ2n) is 7.07. The molecule has 140 valence electrons. The van der Waals surface area contributed by atoms with Gasteiger partial charge in [0, 0.05) is 30.7 Å². The Morgan fingerprint density at radius 2 is 1.92 bits per heavy atom. The molecule has 2 heterocycles. The predicted octanol–water partition coefficient (Wildman–Crippen LogP) is 2.84. The molecule has 0 bridgehead atoms. The van der Waals surface area contributed by atoms with E-state index in [4.69, 9.17) is 9.15 Å². The zero-order valence-electron chi connectivity index (χ0n) is 15.2. The number of carboxylic acid groups (broad SMARTS) is 1. The molecule has 3 rings (SSSR count). The molecule has 1 aliphatic heterocycles. The van der Waals surface area contributed by atoms with Crippen molar-refractivity contribution in [3.63, 3.8) is 0 Å². The summed E-state index contributed by atoms with van der Waals surface area (Å²) in [5.41, 5.74) is 3.87. The van der Waals surface area contributed by atoms with Gasteiger partial charge >= 0.3 is 5.97 Å². The molecule has 1 atom stereocenters. The van der Waals surface area contributed by atoms with Crippen LogP contribution in [0, 0.1) is 25.7 Å². The number of amides is 1. The molecule has 6 nitrogen and oxygen atoms in total. The monoisotopic (exact) mass is 359 g/mol. The third kappa shape index (κ3) is 4.07. The maximum atomic E-state index is 12.3. The molecule has 0 radical (unpaired) electrons. The van der Waals surface area contributed by atoms with E-state index in [1.807, 2.05) is 26.0 Å². The summed E-state index contributed by atoms with van der Waals surface area (Å²) in [5, 5.41) is 13.2. The number of nitrogens with one attached hydrogen (secondary N) is 1. The normalized spacial score (nSPS) is 16.5. The molecule has 1 fully saturated rings. The standard InChI is InChI=1S/C20H25NO5/c1-12-7-16-15(11-26-18(16)8-13(12)2)9-19(22)21-10-17(20(23)24)14-3-5-25-6-4-14/h7-8,11,14,17H,3-6,9-10H2,1-2H3,(H,21,22)(H,23,24). The van der Waals surface area contributed by atoms with Crippen molar-refractivity contribution in [1.29, 1.82) is 0 Å². The molecule has 2 aromatic rings. The summed E-state index contributed by atoms with van der Waals surface area (Å²) < 4.78 is 10.9. The minimum atomic E-state index is -0.864. The molecule has 1 aromatic heterocycles. The molecular weight excluding hydrogens is 334 g/mol. The average molecular weight is 359 g/mol. The Balaban J connectivity index is 1.63. The highest BCUT2D eigenvalue weighted by molar-refractivity contribution is 5.88. The van der Waals surface area contributed by atoms with Gasteiger partial charge in [-0.2, -0.15) is 0 Å². The minimum Gasteiger partial charge on any atom is -0.481 e. The van der Waals surface area contributed by atoms with Crippen molar-refractivity contribution < 1.29 is 23.8 Å². The summed E-state index contributed by atoms with van der Waals surface area (Å²) in [5.74, 6) is -1.59. The number of fused-ring (bicyclic) bond motifs is 1. The van der Waals surface area contributed by atoms with Crippen molar-refractivity contribution in [2.75, 3.05) is 19.8 Å². The maximum absolute atomic E-state index is 12.3. The lowest BCUT2D eigenvalue weighted by atomic mass is 9.86. The summed E-state index contributed by atoms with van der Waals surface area (Å²) in [6, 6.07) is 4.00. The summed E-state index contributed by atoms with van der Waals surface area (Å²) >= 11 is 0. The van der Waals surface area contributed by atoms with Gasteiger partial charge < -0.3 is 19.6 Å². The highest BCUT2D eigenvalue weighted by Crippen LogP contribution is 2.26. The fourth-order valence-corrected chi connectivity index (χ4v) is 3.51. The zero-order valence-corrected chi connectivity index (χ0v) is 15.2. The number of carbonyl (C=O) groups is 2. The second-order valence-corrected chi connectivity index (χ2v) is 7.07. The van der Waals surface area contributed by atoms with Crippen LogP contribution in [0.15, 0.2) is 22.8 Å². The van der Waals surface area contributed by atoms with Crippen LogP contribution in [0.1, 0.15) is 29.5 Å². The molecule has 1 unspecified atom stereocenters. The van der Waals surface area contributed by atoms with E-state index in [2.05, 4.69) is 5.32 Å². The lowest BCUT2D eigenvalue weighted by Gasteiger charge is -2.27. The molecule has 1 saturated heterocycles. The van der Waals surface area contributed by atoms with Gasteiger partial charge in [-0.1, -0.05) is 0 Å². The summed E-state index contributed by atoms with van der Waals surface area (Å²) in [7, 11) is 0. The van der Waals surface area contributed by atoms with Crippen molar-refractivity contribution in [3.05, 3.63) is 35.1 Å². The maximum Gasteiger partial charge on any atom is 0.308 e. The number of ether oxygens (including phenoxy) is 1. The van der Waals surface area contributed by atoms with Crippen LogP contribution >= 0.6 is 0 Å². The molecular formula is C20H25NO5. The van der Waals surface area contributed by atoms with Crippen molar-refractivity contribution >= 4 is 22.8 Å². The van der Waals surface area contributed by atoms with Gasteiger partial charge in [0.15, 0.2) is 0 Å². The Bertz CT molecular complexity index is 804. The first-order valence-electron chi connectivity index (χ1n) is 9.00. The number of hydrogen-bond acceptors (Lipinski definition) is 4. The van der Waals surface area contributed by atoms with Crippen LogP contribution in [0.5, 0.6) is 0 Å². The zero-order chi connectivity index (χ0) is 18.7. The molecule has 1 aromatic carbocycles. The van der Waals surface area contributed by atoms with E-state index in [0.717, 1.165) is 40.5 Å². The summed E-state index contributed by atoms with van der Waals surface area (Å²) in [6.45, 7) is 5.36. The molecule has 1 aliphatic rings. The number of carbonyl (C=O) groups excluding carboxylic acids is 1. The quantitative estimate of drug-likeness (QED) is 0.828. The highest BCUT2D eigenvalue weighted by atomic mass is 16.5. The molecule has 26 heavy (non-hydrogen) atoms. The van der Waals surface area contributed by atoms with E-state index in [1.165, 1.54) is 0 Å². The number of benzene rings is 1. The van der Waals surface area contributed by atoms with Gasteiger partial charge in [0.1, 0.15) is 5.58 Å². The van der Waals surface area contributed by atoms with Crippen LogP contribution in [0.4, 0.5) is 0 Å². The lowest BCUT2D eigenvalue weighted by molar-refractivity contribution is -0.144. The smallest absolute Gasteiger partial charge is 0.308 e. The van der Waals surface area contributed by atoms with Crippen LogP contribution in [0.3, 0.4) is 0 Å². The number of furan rings is 1. The molecule has 2 N–H and O–H groups in total. The number of aliphatic carboxylic acids is 1. The van der Waals surface area contributed by atoms with Gasteiger partial charge in [-0.15, -0.1) is 0 Å². The molecule has 0 spiro atoms. The molecule has 6 heteroatoms. The third-order valence-corrected chi connectivity index (χ3v) is 5.29. The fraction of sp³-hybridized carbons (Fsp3) is 0.500. The van der Waals surface area contributed by atoms with Gasteiger partial charge in [0.2, 0.25) is 5.91 Å².